The first-order valence-electron chi connectivity index (χ1n) is 9.19. The van der Waals surface area contributed by atoms with E-state index < -0.39 is 5.41 Å². The molecule has 0 aromatic heterocycles. The Kier molecular flexibility index (Phi) is 6.15. The van der Waals surface area contributed by atoms with E-state index in [0.717, 1.165) is 24.3 Å². The van der Waals surface area contributed by atoms with Crippen LogP contribution in [0.25, 0.3) is 0 Å². The van der Waals surface area contributed by atoms with Gasteiger partial charge in [-0.3, -0.25) is 4.79 Å². The number of esters is 1. The molecule has 0 aromatic carbocycles. The average Bonchev–Trinajstić information content (AvgIpc) is 2.36. The van der Waals surface area contributed by atoms with Crippen LogP contribution in [0.1, 0.15) is 88.0 Å². The highest BCUT2D eigenvalue weighted by atomic mass is 16.6. The number of carbonyl (C=O) groups is 1. The second-order valence-electron chi connectivity index (χ2n) is 9.62. The van der Waals surface area contributed by atoms with Crippen molar-refractivity contribution in [2.24, 2.45) is 22.7 Å². The van der Waals surface area contributed by atoms with Crippen molar-refractivity contribution in [1.29, 1.82) is 0 Å². The Morgan fingerprint density at radius 3 is 1.83 bits per heavy atom. The van der Waals surface area contributed by atoms with Gasteiger partial charge in [0.1, 0.15) is 5.60 Å². The van der Waals surface area contributed by atoms with Crippen LogP contribution in [0.5, 0.6) is 0 Å². The van der Waals surface area contributed by atoms with E-state index in [1.165, 1.54) is 12.8 Å². The average molecular weight is 323 g/mol. The van der Waals surface area contributed by atoms with Crippen molar-refractivity contribution >= 4 is 5.97 Å². The van der Waals surface area contributed by atoms with Crippen molar-refractivity contribution in [1.82, 2.24) is 0 Å². The predicted octanol–water partition coefficient (Wildman–Crippen LogP) is 6.15. The first kappa shape index (κ1) is 20.3. The standard InChI is InChI=1S/C21H38O2/c1-15(2)14-21(9,19(4,5)6)18(22)23-20(7,8)17-12-10-16(3)11-13-17/h14,16-17H,10-13H2,1-9H3. The fourth-order valence-electron chi connectivity index (χ4n) is 3.54. The van der Waals surface area contributed by atoms with Gasteiger partial charge in [-0.1, -0.05) is 52.2 Å². The van der Waals surface area contributed by atoms with Crippen LogP contribution in [0.15, 0.2) is 11.6 Å². The first-order chi connectivity index (χ1) is 10.3. The Hall–Kier alpha value is -0.790. The number of hydrogen-bond acceptors (Lipinski definition) is 2. The lowest BCUT2D eigenvalue weighted by Gasteiger charge is -2.43. The molecule has 0 spiro atoms. The summed E-state index contributed by atoms with van der Waals surface area (Å²) in [5.74, 6) is 1.19. The molecule has 1 aliphatic carbocycles. The van der Waals surface area contributed by atoms with E-state index in [-0.39, 0.29) is 17.0 Å². The Labute approximate surface area is 144 Å². The molecule has 0 heterocycles. The molecule has 23 heavy (non-hydrogen) atoms. The van der Waals surface area contributed by atoms with Gasteiger partial charge in [-0.25, -0.2) is 0 Å². The van der Waals surface area contributed by atoms with Gasteiger partial charge in [0.15, 0.2) is 0 Å². The fraction of sp³-hybridized carbons (Fsp3) is 0.857. The van der Waals surface area contributed by atoms with Crippen LogP contribution < -0.4 is 0 Å². The number of carbonyl (C=O) groups excluding carboxylic acids is 1. The maximum Gasteiger partial charge on any atom is 0.316 e. The lowest BCUT2D eigenvalue weighted by atomic mass is 9.67. The molecule has 134 valence electrons. The monoisotopic (exact) mass is 322 g/mol. The highest BCUT2D eigenvalue weighted by molar-refractivity contribution is 5.80. The molecule has 1 atom stereocenters. The van der Waals surface area contributed by atoms with E-state index >= 15 is 0 Å². The minimum Gasteiger partial charge on any atom is -0.459 e. The Bertz CT molecular complexity index is 441. The van der Waals surface area contributed by atoms with E-state index in [2.05, 4.69) is 47.6 Å². The van der Waals surface area contributed by atoms with E-state index in [0.29, 0.717) is 5.92 Å². The zero-order valence-corrected chi connectivity index (χ0v) is 16.9. The first-order valence-corrected chi connectivity index (χ1v) is 9.19. The van der Waals surface area contributed by atoms with Crippen molar-refractivity contribution in [3.63, 3.8) is 0 Å². The van der Waals surface area contributed by atoms with Gasteiger partial charge in [0.25, 0.3) is 0 Å². The van der Waals surface area contributed by atoms with Gasteiger partial charge >= 0.3 is 5.97 Å². The highest BCUT2D eigenvalue weighted by Gasteiger charge is 2.47. The molecule has 2 heteroatoms. The van der Waals surface area contributed by atoms with Crippen LogP contribution in [-0.4, -0.2) is 11.6 Å². The SMILES string of the molecule is CC(C)=CC(C)(C(=O)OC(C)(C)C1CCC(C)CC1)C(C)(C)C. The molecular formula is C21H38O2. The lowest BCUT2D eigenvalue weighted by Crippen LogP contribution is -2.46. The summed E-state index contributed by atoms with van der Waals surface area (Å²) in [6.45, 7) is 19.0. The molecule has 0 bridgehead atoms. The molecule has 0 aromatic rings. The molecule has 2 nitrogen and oxygen atoms in total. The number of hydrogen-bond donors (Lipinski definition) is 0. The van der Waals surface area contributed by atoms with E-state index in [4.69, 9.17) is 4.74 Å². The zero-order valence-electron chi connectivity index (χ0n) is 16.9. The van der Waals surface area contributed by atoms with Crippen molar-refractivity contribution in [2.45, 2.75) is 93.6 Å². The molecule has 0 N–H and O–H groups in total. The molecule has 1 rings (SSSR count). The second-order valence-corrected chi connectivity index (χ2v) is 9.62. The summed E-state index contributed by atoms with van der Waals surface area (Å²) in [4.78, 5) is 13.1. The van der Waals surface area contributed by atoms with Crippen LogP contribution in [-0.2, 0) is 9.53 Å². The van der Waals surface area contributed by atoms with Crippen molar-refractivity contribution in [3.8, 4) is 0 Å². The maximum absolute atomic E-state index is 13.1. The third-order valence-corrected chi connectivity index (χ3v) is 5.91. The molecule has 1 saturated carbocycles. The lowest BCUT2D eigenvalue weighted by molar-refractivity contribution is -0.177. The summed E-state index contributed by atoms with van der Waals surface area (Å²) in [5.41, 5.74) is -0.0216. The molecular weight excluding hydrogens is 284 g/mol. The number of ether oxygens (including phenoxy) is 1. The number of rotatable bonds is 4. The van der Waals surface area contributed by atoms with Gasteiger partial charge in [0.05, 0.1) is 5.41 Å². The summed E-state index contributed by atoms with van der Waals surface area (Å²) < 4.78 is 6.12. The van der Waals surface area contributed by atoms with Gasteiger partial charge in [-0.15, -0.1) is 0 Å². The smallest absolute Gasteiger partial charge is 0.316 e. The summed E-state index contributed by atoms with van der Waals surface area (Å²) >= 11 is 0. The third kappa shape index (κ3) is 4.84. The Morgan fingerprint density at radius 1 is 0.957 bits per heavy atom. The topological polar surface area (TPSA) is 26.3 Å². The largest absolute Gasteiger partial charge is 0.459 e. The van der Waals surface area contributed by atoms with Gasteiger partial charge in [-0.2, -0.15) is 0 Å². The van der Waals surface area contributed by atoms with Gasteiger partial charge < -0.3 is 4.74 Å². The van der Waals surface area contributed by atoms with Gasteiger partial charge in [0, 0.05) is 0 Å². The van der Waals surface area contributed by atoms with Crippen LogP contribution in [0, 0.1) is 22.7 Å². The zero-order chi connectivity index (χ0) is 18.1. The van der Waals surface area contributed by atoms with Crippen LogP contribution in [0.4, 0.5) is 0 Å². The Morgan fingerprint density at radius 2 is 1.43 bits per heavy atom. The number of allylic oxidation sites excluding steroid dienone is 1. The van der Waals surface area contributed by atoms with Gasteiger partial charge in [0.2, 0.25) is 0 Å². The van der Waals surface area contributed by atoms with Crippen molar-refractivity contribution < 1.29 is 9.53 Å². The summed E-state index contributed by atoms with van der Waals surface area (Å²) in [6.07, 6.45) is 6.90. The molecule has 1 unspecified atom stereocenters. The molecule has 0 saturated heterocycles. The molecule has 0 radical (unpaired) electrons. The van der Waals surface area contributed by atoms with E-state index in [9.17, 15) is 4.79 Å². The molecule has 0 aliphatic heterocycles. The maximum atomic E-state index is 13.1. The predicted molar refractivity (Wildman–Crippen MR) is 98.3 cm³/mol. The molecule has 0 amide bonds. The summed E-state index contributed by atoms with van der Waals surface area (Å²) in [5, 5.41) is 0. The molecule has 1 fully saturated rings. The van der Waals surface area contributed by atoms with Gasteiger partial charge in [-0.05, 0) is 64.7 Å². The third-order valence-electron chi connectivity index (χ3n) is 5.91. The van der Waals surface area contributed by atoms with Crippen LogP contribution in [0.2, 0.25) is 0 Å². The summed E-state index contributed by atoms with van der Waals surface area (Å²) in [6, 6.07) is 0. The minimum atomic E-state index is -0.606. The van der Waals surface area contributed by atoms with Crippen LogP contribution in [0.3, 0.4) is 0 Å². The highest BCUT2D eigenvalue weighted by Crippen LogP contribution is 2.44. The normalized spacial score (nSPS) is 25.4. The Balaban J connectivity index is 2.96. The quantitative estimate of drug-likeness (QED) is 0.458. The van der Waals surface area contributed by atoms with E-state index in [1.807, 2.05) is 20.8 Å². The minimum absolute atomic E-state index is 0.0881. The second kappa shape index (κ2) is 6.99. The summed E-state index contributed by atoms with van der Waals surface area (Å²) in [7, 11) is 0. The van der Waals surface area contributed by atoms with Crippen molar-refractivity contribution in [3.05, 3.63) is 11.6 Å². The molecule has 1 aliphatic rings. The van der Waals surface area contributed by atoms with Crippen LogP contribution >= 0.6 is 0 Å². The van der Waals surface area contributed by atoms with E-state index in [1.54, 1.807) is 0 Å². The van der Waals surface area contributed by atoms with Crippen molar-refractivity contribution in [2.75, 3.05) is 0 Å². The fourth-order valence-corrected chi connectivity index (χ4v) is 3.54.